The van der Waals surface area contributed by atoms with Crippen molar-refractivity contribution < 1.29 is 4.79 Å². The van der Waals surface area contributed by atoms with E-state index in [0.29, 0.717) is 11.7 Å². The second kappa shape index (κ2) is 9.57. The van der Waals surface area contributed by atoms with Crippen molar-refractivity contribution >= 4 is 23.4 Å². The van der Waals surface area contributed by atoms with Crippen molar-refractivity contribution in [2.24, 2.45) is 7.05 Å². The number of thioether (sulfide) groups is 1. The van der Waals surface area contributed by atoms with Crippen molar-refractivity contribution in [3.05, 3.63) is 90.3 Å². The van der Waals surface area contributed by atoms with Gasteiger partial charge < -0.3 is 9.47 Å². The molecule has 0 saturated heterocycles. The molecule has 2 aromatic carbocycles. The first-order chi connectivity index (χ1) is 15.1. The fourth-order valence-corrected chi connectivity index (χ4v) is 4.06. The SMILES string of the molecule is Cc1cccc(N(Cc2ccccc2)C(=O)CSc2nnc(-c3cccnc3)n2C)c1. The maximum Gasteiger partial charge on any atom is 0.237 e. The normalized spacial score (nSPS) is 10.8. The van der Waals surface area contributed by atoms with Crippen molar-refractivity contribution in [1.29, 1.82) is 0 Å². The van der Waals surface area contributed by atoms with E-state index in [1.54, 1.807) is 12.4 Å². The fourth-order valence-electron chi connectivity index (χ4n) is 3.28. The monoisotopic (exact) mass is 429 g/mol. The van der Waals surface area contributed by atoms with Gasteiger partial charge >= 0.3 is 0 Å². The van der Waals surface area contributed by atoms with E-state index in [2.05, 4.69) is 15.2 Å². The number of aromatic nitrogens is 4. The highest BCUT2D eigenvalue weighted by Gasteiger charge is 2.19. The fraction of sp³-hybridized carbons (Fsp3) is 0.167. The number of amides is 1. The van der Waals surface area contributed by atoms with Crippen LogP contribution in [0.1, 0.15) is 11.1 Å². The average molecular weight is 430 g/mol. The van der Waals surface area contributed by atoms with Crippen LogP contribution in [0, 0.1) is 6.92 Å². The van der Waals surface area contributed by atoms with Gasteiger partial charge in [-0.2, -0.15) is 0 Å². The molecule has 0 aliphatic carbocycles. The van der Waals surface area contributed by atoms with Gasteiger partial charge in [0.2, 0.25) is 5.91 Å². The second-order valence-electron chi connectivity index (χ2n) is 7.20. The molecule has 0 atom stereocenters. The summed E-state index contributed by atoms with van der Waals surface area (Å²) in [5, 5.41) is 9.24. The van der Waals surface area contributed by atoms with Gasteiger partial charge in [-0.15, -0.1) is 10.2 Å². The quantitative estimate of drug-likeness (QED) is 0.405. The molecular weight excluding hydrogens is 406 g/mol. The van der Waals surface area contributed by atoms with Crippen LogP contribution in [-0.4, -0.2) is 31.4 Å². The number of anilines is 1. The predicted molar refractivity (Wildman–Crippen MR) is 124 cm³/mol. The van der Waals surface area contributed by atoms with Gasteiger partial charge in [0.05, 0.1) is 12.3 Å². The molecule has 7 heteroatoms. The van der Waals surface area contributed by atoms with Crippen LogP contribution in [0.4, 0.5) is 5.69 Å². The Balaban J connectivity index is 1.52. The second-order valence-corrected chi connectivity index (χ2v) is 8.14. The van der Waals surface area contributed by atoms with Gasteiger partial charge in [0.25, 0.3) is 0 Å². The van der Waals surface area contributed by atoms with Gasteiger partial charge in [0, 0.05) is 30.7 Å². The molecule has 2 heterocycles. The zero-order valence-electron chi connectivity index (χ0n) is 17.5. The lowest BCUT2D eigenvalue weighted by molar-refractivity contribution is -0.116. The molecule has 156 valence electrons. The number of pyridine rings is 1. The minimum atomic E-state index is 0.0189. The molecule has 1 amide bonds. The Kier molecular flexibility index (Phi) is 6.43. The van der Waals surface area contributed by atoms with E-state index in [1.807, 2.05) is 90.2 Å². The predicted octanol–water partition coefficient (Wildman–Crippen LogP) is 4.51. The Morgan fingerprint density at radius 2 is 1.87 bits per heavy atom. The molecule has 0 saturated carbocycles. The van der Waals surface area contributed by atoms with Crippen molar-refractivity contribution in [3.8, 4) is 11.4 Å². The van der Waals surface area contributed by atoms with Gasteiger partial charge in [-0.3, -0.25) is 9.78 Å². The number of nitrogens with zero attached hydrogens (tertiary/aromatic N) is 5. The van der Waals surface area contributed by atoms with E-state index in [1.165, 1.54) is 11.8 Å². The first-order valence-electron chi connectivity index (χ1n) is 9.95. The topological polar surface area (TPSA) is 63.9 Å². The minimum absolute atomic E-state index is 0.0189. The highest BCUT2D eigenvalue weighted by atomic mass is 32.2. The van der Waals surface area contributed by atoms with Gasteiger partial charge in [0.1, 0.15) is 0 Å². The van der Waals surface area contributed by atoms with Gasteiger partial charge in [-0.1, -0.05) is 54.2 Å². The first kappa shape index (κ1) is 20.8. The Morgan fingerprint density at radius 1 is 1.03 bits per heavy atom. The number of benzene rings is 2. The lowest BCUT2D eigenvalue weighted by atomic mass is 10.1. The Bertz CT molecular complexity index is 1160. The Labute approximate surface area is 186 Å². The van der Waals surface area contributed by atoms with E-state index >= 15 is 0 Å². The number of hydrogen-bond donors (Lipinski definition) is 0. The Morgan fingerprint density at radius 3 is 2.61 bits per heavy atom. The molecule has 0 unspecified atom stereocenters. The van der Waals surface area contributed by atoms with Crippen LogP contribution in [0.5, 0.6) is 0 Å². The number of rotatable bonds is 7. The molecule has 4 aromatic rings. The summed E-state index contributed by atoms with van der Waals surface area (Å²) in [4.78, 5) is 19.2. The molecular formula is C24H23N5OS. The summed E-state index contributed by atoms with van der Waals surface area (Å²) in [7, 11) is 1.90. The Hall–Kier alpha value is -3.45. The van der Waals surface area contributed by atoms with Crippen molar-refractivity contribution in [2.75, 3.05) is 10.7 Å². The minimum Gasteiger partial charge on any atom is -0.307 e. The van der Waals surface area contributed by atoms with Crippen LogP contribution in [0.25, 0.3) is 11.4 Å². The molecule has 0 radical (unpaired) electrons. The largest absolute Gasteiger partial charge is 0.307 e. The first-order valence-corrected chi connectivity index (χ1v) is 10.9. The summed E-state index contributed by atoms with van der Waals surface area (Å²) in [5.74, 6) is 1.01. The van der Waals surface area contributed by atoms with E-state index in [0.717, 1.165) is 28.2 Å². The summed E-state index contributed by atoms with van der Waals surface area (Å²) in [6.07, 6.45) is 3.48. The summed E-state index contributed by atoms with van der Waals surface area (Å²) in [5.41, 5.74) is 3.98. The zero-order valence-corrected chi connectivity index (χ0v) is 18.3. The highest BCUT2D eigenvalue weighted by molar-refractivity contribution is 7.99. The lowest BCUT2D eigenvalue weighted by Crippen LogP contribution is -2.32. The van der Waals surface area contributed by atoms with Crippen LogP contribution >= 0.6 is 11.8 Å². The standard InChI is InChI=1S/C24H23N5OS/c1-18-8-6-12-21(14-18)29(16-19-9-4-3-5-10-19)22(30)17-31-24-27-26-23(28(24)2)20-11-7-13-25-15-20/h3-15H,16-17H2,1-2H3. The molecule has 2 aromatic heterocycles. The molecule has 0 fully saturated rings. The highest BCUT2D eigenvalue weighted by Crippen LogP contribution is 2.24. The van der Waals surface area contributed by atoms with Crippen molar-refractivity contribution in [1.82, 2.24) is 19.7 Å². The van der Waals surface area contributed by atoms with Crippen LogP contribution in [0.15, 0.2) is 84.3 Å². The van der Waals surface area contributed by atoms with Crippen LogP contribution in [0.3, 0.4) is 0 Å². The van der Waals surface area contributed by atoms with E-state index in [9.17, 15) is 4.79 Å². The molecule has 6 nitrogen and oxygen atoms in total. The molecule has 0 aliphatic heterocycles. The van der Waals surface area contributed by atoms with E-state index in [-0.39, 0.29) is 11.7 Å². The summed E-state index contributed by atoms with van der Waals surface area (Å²) in [6.45, 7) is 2.55. The van der Waals surface area contributed by atoms with Gasteiger partial charge in [0.15, 0.2) is 11.0 Å². The number of carbonyl (C=O) groups is 1. The van der Waals surface area contributed by atoms with Crippen LogP contribution in [-0.2, 0) is 18.4 Å². The average Bonchev–Trinajstić information content (AvgIpc) is 3.17. The van der Waals surface area contributed by atoms with E-state index in [4.69, 9.17) is 0 Å². The summed E-state index contributed by atoms with van der Waals surface area (Å²) < 4.78 is 1.89. The molecule has 31 heavy (non-hydrogen) atoms. The molecule has 0 bridgehead atoms. The zero-order chi connectivity index (χ0) is 21.6. The lowest BCUT2D eigenvalue weighted by Gasteiger charge is -2.23. The van der Waals surface area contributed by atoms with Gasteiger partial charge in [-0.25, -0.2) is 0 Å². The van der Waals surface area contributed by atoms with E-state index < -0.39 is 0 Å². The smallest absolute Gasteiger partial charge is 0.237 e. The molecule has 0 N–H and O–H groups in total. The third kappa shape index (κ3) is 5.00. The third-order valence-corrected chi connectivity index (χ3v) is 5.88. The maximum absolute atomic E-state index is 13.3. The molecule has 0 aliphatic rings. The van der Waals surface area contributed by atoms with Crippen molar-refractivity contribution in [3.63, 3.8) is 0 Å². The number of aryl methyl sites for hydroxylation is 1. The molecule has 4 rings (SSSR count). The van der Waals surface area contributed by atoms with Crippen LogP contribution in [0.2, 0.25) is 0 Å². The maximum atomic E-state index is 13.3. The summed E-state index contributed by atoms with van der Waals surface area (Å²) in [6, 6.07) is 21.8. The van der Waals surface area contributed by atoms with Crippen LogP contribution < -0.4 is 4.90 Å². The van der Waals surface area contributed by atoms with Gasteiger partial charge in [-0.05, 0) is 42.3 Å². The van der Waals surface area contributed by atoms with Crippen molar-refractivity contribution in [2.45, 2.75) is 18.6 Å². The number of carbonyl (C=O) groups excluding carboxylic acids is 1. The molecule has 0 spiro atoms. The third-order valence-electron chi connectivity index (χ3n) is 4.88. The summed E-state index contributed by atoms with van der Waals surface area (Å²) >= 11 is 1.39. The number of hydrogen-bond acceptors (Lipinski definition) is 5.